The van der Waals surface area contributed by atoms with Crippen LogP contribution < -0.4 is 37.1 Å². The molecule has 0 saturated carbocycles. The first-order valence-electron chi connectivity index (χ1n) is 20.5. The predicted octanol–water partition coefficient (Wildman–Crippen LogP) is 2.75. The molecule has 328 valence electrons. The summed E-state index contributed by atoms with van der Waals surface area (Å²) in [6, 6.07) is 8.93. The fraction of sp³-hybridized carbons (Fsp3) is 0.512. The third kappa shape index (κ3) is 18.5. The van der Waals surface area contributed by atoms with Crippen LogP contribution in [0.25, 0.3) is 0 Å². The van der Waals surface area contributed by atoms with Crippen molar-refractivity contribution in [3.63, 3.8) is 0 Å². The summed E-state index contributed by atoms with van der Waals surface area (Å²) < 4.78 is 18.4. The van der Waals surface area contributed by atoms with Gasteiger partial charge in [-0.1, -0.05) is 38.8 Å². The number of H-pyrrole nitrogens is 1. The number of carbonyl (C=O) groups excluding carboxylic acids is 6. The number of nitrogens with zero attached hydrogens (tertiary/aromatic N) is 1. The van der Waals surface area contributed by atoms with Crippen molar-refractivity contribution >= 4 is 35.4 Å². The van der Waals surface area contributed by atoms with Gasteiger partial charge in [-0.2, -0.15) is 0 Å². The molecule has 16 nitrogen and oxygen atoms in total. The highest BCUT2D eigenvalue weighted by molar-refractivity contribution is 6.04. The Morgan fingerprint density at radius 1 is 0.800 bits per heavy atom. The fourth-order valence-electron chi connectivity index (χ4n) is 6.36. The van der Waals surface area contributed by atoms with Crippen LogP contribution in [0, 0.1) is 11.7 Å². The number of amides is 6. The number of aromatic amines is 1. The first-order valence-corrected chi connectivity index (χ1v) is 20.5. The van der Waals surface area contributed by atoms with Crippen LogP contribution >= 0.6 is 0 Å². The lowest BCUT2D eigenvalue weighted by Gasteiger charge is -2.29. The van der Waals surface area contributed by atoms with E-state index in [2.05, 4.69) is 36.6 Å². The molecule has 0 aliphatic heterocycles. The Balaban J connectivity index is 1.59. The maximum atomic E-state index is 14.0. The number of aromatic nitrogens is 2. The van der Waals surface area contributed by atoms with Crippen molar-refractivity contribution in [2.24, 2.45) is 11.7 Å². The van der Waals surface area contributed by atoms with Crippen LogP contribution in [0.1, 0.15) is 99.7 Å². The van der Waals surface area contributed by atoms with Gasteiger partial charge in [0.05, 0.1) is 32.0 Å². The number of hydrogen-bond donors (Lipinski definition) is 8. The first kappa shape index (κ1) is 48.7. The SMILES string of the molecule is COc1ccc(C[C@H](NC(=O)CCCCCN)C(=O)N[C@@H](Cc2cnc[nH]2)C(=O)N[C@H](CC(C)C)[C@H](O)CC(=O)NCCCCCC(=O)NC(=O)c2ccc(F)cc2)cc1. The molecule has 0 spiro atoms. The van der Waals surface area contributed by atoms with Gasteiger partial charge < -0.3 is 41.8 Å². The number of rotatable bonds is 27. The van der Waals surface area contributed by atoms with Gasteiger partial charge in [-0.05, 0) is 86.5 Å². The molecule has 3 rings (SSSR count). The Hall–Kier alpha value is -5.68. The minimum absolute atomic E-state index is 0.0192. The highest BCUT2D eigenvalue weighted by atomic mass is 19.1. The normalized spacial score (nSPS) is 13.1. The maximum Gasteiger partial charge on any atom is 0.257 e. The molecule has 0 fully saturated rings. The molecule has 1 aromatic heterocycles. The van der Waals surface area contributed by atoms with E-state index in [-0.39, 0.29) is 56.0 Å². The fourth-order valence-corrected chi connectivity index (χ4v) is 6.36. The number of hydrogen-bond acceptors (Lipinski definition) is 10. The highest BCUT2D eigenvalue weighted by Crippen LogP contribution is 2.15. The van der Waals surface area contributed by atoms with Crippen LogP contribution in [0.4, 0.5) is 4.39 Å². The molecule has 0 aliphatic carbocycles. The number of aliphatic hydroxyl groups excluding tert-OH is 1. The van der Waals surface area contributed by atoms with Crippen molar-refractivity contribution in [2.75, 3.05) is 20.2 Å². The Bertz CT molecular complexity index is 1790. The second kappa shape index (κ2) is 26.4. The summed E-state index contributed by atoms with van der Waals surface area (Å²) in [5, 5.41) is 24.8. The maximum absolute atomic E-state index is 14.0. The van der Waals surface area contributed by atoms with Crippen molar-refractivity contribution in [1.29, 1.82) is 0 Å². The number of nitrogens with two attached hydrogens (primary N) is 1. The van der Waals surface area contributed by atoms with Crippen LogP contribution in [0.15, 0.2) is 61.1 Å². The van der Waals surface area contributed by atoms with E-state index in [1.165, 1.54) is 24.7 Å². The third-order valence-electron chi connectivity index (χ3n) is 9.64. The number of ether oxygens (including phenoxy) is 1. The Morgan fingerprint density at radius 2 is 1.45 bits per heavy atom. The summed E-state index contributed by atoms with van der Waals surface area (Å²) in [6.07, 6.45) is 5.94. The lowest BCUT2D eigenvalue weighted by Crippen LogP contribution is -2.57. The molecule has 9 N–H and O–H groups in total. The average Bonchev–Trinajstić information content (AvgIpc) is 3.73. The number of benzene rings is 2. The van der Waals surface area contributed by atoms with E-state index in [1.54, 1.807) is 31.4 Å². The van der Waals surface area contributed by atoms with Gasteiger partial charge >= 0.3 is 0 Å². The van der Waals surface area contributed by atoms with E-state index in [0.717, 1.165) is 30.5 Å². The minimum Gasteiger partial charge on any atom is -0.497 e. The van der Waals surface area contributed by atoms with Crippen LogP contribution in [0.5, 0.6) is 5.75 Å². The smallest absolute Gasteiger partial charge is 0.257 e. The molecule has 60 heavy (non-hydrogen) atoms. The van der Waals surface area contributed by atoms with E-state index in [4.69, 9.17) is 10.5 Å². The van der Waals surface area contributed by atoms with Crippen molar-refractivity contribution in [2.45, 2.75) is 115 Å². The molecule has 2 aromatic carbocycles. The molecule has 6 amide bonds. The molecule has 1 heterocycles. The molecule has 4 atom stereocenters. The van der Waals surface area contributed by atoms with E-state index in [0.29, 0.717) is 50.1 Å². The van der Waals surface area contributed by atoms with E-state index >= 15 is 0 Å². The summed E-state index contributed by atoms with van der Waals surface area (Å²) in [6.45, 7) is 4.63. The second-order valence-corrected chi connectivity index (χ2v) is 15.2. The molecule has 0 saturated heterocycles. The molecular formula is C43H61FN8O8. The predicted molar refractivity (Wildman–Crippen MR) is 223 cm³/mol. The molecule has 3 aromatic rings. The zero-order valence-electron chi connectivity index (χ0n) is 34.8. The largest absolute Gasteiger partial charge is 0.497 e. The van der Waals surface area contributed by atoms with Crippen LogP contribution in [-0.4, -0.2) is 94.9 Å². The molecule has 0 bridgehead atoms. The van der Waals surface area contributed by atoms with Crippen molar-refractivity contribution in [3.8, 4) is 5.75 Å². The Morgan fingerprint density at radius 3 is 2.08 bits per heavy atom. The van der Waals surface area contributed by atoms with E-state index < -0.39 is 59.6 Å². The number of halogens is 1. The van der Waals surface area contributed by atoms with Crippen molar-refractivity contribution < 1.29 is 43.0 Å². The van der Waals surface area contributed by atoms with Gasteiger partial charge in [0.1, 0.15) is 23.7 Å². The summed E-state index contributed by atoms with van der Waals surface area (Å²) in [5.41, 5.74) is 7.08. The monoisotopic (exact) mass is 836 g/mol. The number of methoxy groups -OCH3 is 1. The summed E-state index contributed by atoms with van der Waals surface area (Å²) in [5.74, 6) is -2.84. The summed E-state index contributed by atoms with van der Waals surface area (Å²) >= 11 is 0. The van der Waals surface area contributed by atoms with Gasteiger partial charge in [0.25, 0.3) is 5.91 Å². The van der Waals surface area contributed by atoms with Gasteiger partial charge in [0, 0.05) is 49.7 Å². The van der Waals surface area contributed by atoms with Crippen LogP contribution in [0.3, 0.4) is 0 Å². The van der Waals surface area contributed by atoms with Gasteiger partial charge in [0.2, 0.25) is 29.5 Å². The number of unbranched alkanes of at least 4 members (excludes halogenated alkanes) is 4. The van der Waals surface area contributed by atoms with Gasteiger partial charge in [-0.15, -0.1) is 0 Å². The highest BCUT2D eigenvalue weighted by Gasteiger charge is 2.31. The van der Waals surface area contributed by atoms with E-state index in [1.807, 2.05) is 13.8 Å². The minimum atomic E-state index is -1.26. The van der Waals surface area contributed by atoms with Gasteiger partial charge in [0.15, 0.2) is 0 Å². The zero-order chi connectivity index (χ0) is 43.9. The number of carbonyl (C=O) groups is 6. The third-order valence-corrected chi connectivity index (χ3v) is 9.64. The first-order chi connectivity index (χ1) is 28.8. The second-order valence-electron chi connectivity index (χ2n) is 15.2. The van der Waals surface area contributed by atoms with Crippen molar-refractivity contribution in [3.05, 3.63) is 83.7 Å². The Kier molecular flexibility index (Phi) is 21.4. The quantitative estimate of drug-likeness (QED) is 0.0522. The number of aliphatic hydroxyl groups is 1. The molecular weight excluding hydrogens is 776 g/mol. The van der Waals surface area contributed by atoms with Crippen LogP contribution in [-0.2, 0) is 36.8 Å². The van der Waals surface area contributed by atoms with E-state index in [9.17, 15) is 38.3 Å². The molecule has 0 radical (unpaired) electrons. The molecule has 0 aliphatic rings. The van der Waals surface area contributed by atoms with Gasteiger partial charge in [-0.3, -0.25) is 34.1 Å². The van der Waals surface area contributed by atoms with Crippen molar-refractivity contribution in [1.82, 2.24) is 36.6 Å². The number of imide groups is 1. The topological polar surface area (TPSA) is 247 Å². The standard InChI is InChI=1S/C43H61FN8O8/c1-28(2)22-34(37(53)25-40(56)47-21-9-5-7-11-39(55)52-41(57)30-14-16-31(44)17-15-30)50-43(59)36(24-32-26-46-27-48-32)51-42(58)35(49-38(54)10-6-4-8-20-45)23-29-12-18-33(60-3)19-13-29/h12-19,26-28,34-37,53H,4-11,20-25,45H2,1-3H3,(H,46,48)(H,47,56)(H,49,54)(H,50,59)(H,51,58)(H,52,55,57)/t34-,35+,36+,37-/m1/s1. The zero-order valence-corrected chi connectivity index (χ0v) is 34.8. The van der Waals surface area contributed by atoms with Crippen LogP contribution in [0.2, 0.25) is 0 Å². The molecule has 0 unspecified atom stereocenters. The molecule has 17 heteroatoms. The lowest BCUT2D eigenvalue weighted by atomic mass is 9.96. The lowest BCUT2D eigenvalue weighted by molar-refractivity contribution is -0.133. The summed E-state index contributed by atoms with van der Waals surface area (Å²) in [7, 11) is 1.55. The summed E-state index contributed by atoms with van der Waals surface area (Å²) in [4.78, 5) is 85.1. The Labute approximate surface area is 350 Å². The van der Waals surface area contributed by atoms with Gasteiger partial charge in [-0.25, -0.2) is 9.37 Å². The number of imidazole rings is 1. The average molecular weight is 837 g/mol. The number of nitrogens with one attached hydrogen (secondary N) is 6.